The highest BCUT2D eigenvalue weighted by Crippen LogP contribution is 2.31. The lowest BCUT2D eigenvalue weighted by atomic mass is 10.1. The normalized spacial score (nSPS) is 20.8. The van der Waals surface area contributed by atoms with Crippen LogP contribution in [0.2, 0.25) is 0 Å². The van der Waals surface area contributed by atoms with Crippen molar-refractivity contribution in [2.75, 3.05) is 5.32 Å². The molecule has 82 valence electrons. The van der Waals surface area contributed by atoms with Crippen molar-refractivity contribution in [3.63, 3.8) is 0 Å². The Kier molecular flexibility index (Phi) is 2.76. The van der Waals surface area contributed by atoms with E-state index in [4.69, 9.17) is 5.73 Å². The second-order valence-corrected chi connectivity index (χ2v) is 4.95. The molecule has 15 heavy (non-hydrogen) atoms. The lowest BCUT2D eigenvalue weighted by Crippen LogP contribution is -2.34. The van der Waals surface area contributed by atoms with E-state index in [-0.39, 0.29) is 11.9 Å². The number of rotatable bonds is 0. The third kappa shape index (κ3) is 1.67. The second kappa shape index (κ2) is 3.79. The maximum atomic E-state index is 11.6. The smallest absolute Gasteiger partial charge is 0.241 e. The number of aromatic nitrogens is 1. The fraction of sp³-hybridized carbons (Fsp3) is 0.500. The van der Waals surface area contributed by atoms with E-state index in [1.54, 1.807) is 0 Å². The van der Waals surface area contributed by atoms with Crippen molar-refractivity contribution < 1.29 is 4.79 Å². The van der Waals surface area contributed by atoms with Gasteiger partial charge in [-0.1, -0.05) is 0 Å². The largest absolute Gasteiger partial charge is 0.341 e. The number of nitrogens with one attached hydrogen (secondary N) is 1. The summed E-state index contributed by atoms with van der Waals surface area (Å²) in [5, 5.41) is 2.91. The molecule has 1 aliphatic rings. The topological polar surface area (TPSA) is 60.0 Å². The van der Waals surface area contributed by atoms with Crippen molar-refractivity contribution in [2.24, 2.45) is 12.8 Å². The molecule has 2 heterocycles. The van der Waals surface area contributed by atoms with E-state index in [1.165, 1.54) is 9.39 Å². The summed E-state index contributed by atoms with van der Waals surface area (Å²) in [6, 6.07) is -0.380. The van der Waals surface area contributed by atoms with E-state index < -0.39 is 0 Å². The molecular formula is C10H14IN3O. The molecule has 0 spiro atoms. The maximum absolute atomic E-state index is 11.6. The van der Waals surface area contributed by atoms with E-state index in [9.17, 15) is 4.79 Å². The minimum Gasteiger partial charge on any atom is -0.341 e. The van der Waals surface area contributed by atoms with Crippen molar-refractivity contribution in [3.05, 3.63) is 15.0 Å². The lowest BCUT2D eigenvalue weighted by molar-refractivity contribution is -0.117. The summed E-state index contributed by atoms with van der Waals surface area (Å²) in [4.78, 5) is 11.6. The van der Waals surface area contributed by atoms with E-state index in [0.29, 0.717) is 6.42 Å². The number of carbonyl (C=O) groups excluding carboxylic acids is 1. The third-order valence-electron chi connectivity index (χ3n) is 2.95. The molecule has 1 aromatic heterocycles. The van der Waals surface area contributed by atoms with Crippen LogP contribution < -0.4 is 11.1 Å². The van der Waals surface area contributed by atoms with Crippen molar-refractivity contribution in [1.29, 1.82) is 0 Å². The van der Waals surface area contributed by atoms with Gasteiger partial charge in [0.1, 0.15) is 0 Å². The highest BCUT2D eigenvalue weighted by Gasteiger charge is 2.25. The SMILES string of the molecule is Cc1c2c(n(C)c1I)CCC(N)C(=O)N2. The molecule has 3 N–H and O–H groups in total. The first kappa shape index (κ1) is 10.9. The van der Waals surface area contributed by atoms with Gasteiger partial charge in [0.2, 0.25) is 5.91 Å². The minimum absolute atomic E-state index is 0.0705. The fourth-order valence-electron chi connectivity index (χ4n) is 1.96. The molecule has 1 aromatic rings. The van der Waals surface area contributed by atoms with Gasteiger partial charge >= 0.3 is 0 Å². The molecule has 5 heteroatoms. The highest BCUT2D eigenvalue weighted by molar-refractivity contribution is 14.1. The first-order valence-electron chi connectivity index (χ1n) is 4.92. The molecule has 0 saturated heterocycles. The van der Waals surface area contributed by atoms with Gasteiger partial charge in [-0.15, -0.1) is 0 Å². The summed E-state index contributed by atoms with van der Waals surface area (Å²) in [5.74, 6) is -0.0705. The Morgan fingerprint density at radius 2 is 2.27 bits per heavy atom. The van der Waals surface area contributed by atoms with Crippen molar-refractivity contribution in [1.82, 2.24) is 4.57 Å². The van der Waals surface area contributed by atoms with Crippen LogP contribution in [0.15, 0.2) is 0 Å². The predicted octanol–water partition coefficient (Wildman–Crippen LogP) is 1.15. The molecule has 0 aromatic carbocycles. The summed E-state index contributed by atoms with van der Waals surface area (Å²) in [7, 11) is 2.02. The van der Waals surface area contributed by atoms with Crippen LogP contribution in [0.1, 0.15) is 17.7 Å². The molecule has 1 unspecified atom stereocenters. The Morgan fingerprint density at radius 3 is 2.93 bits per heavy atom. The van der Waals surface area contributed by atoms with Gasteiger partial charge < -0.3 is 15.6 Å². The van der Waals surface area contributed by atoms with Crippen LogP contribution in [0.5, 0.6) is 0 Å². The standard InChI is InChI=1S/C10H14IN3O/c1-5-8-7(14(2)9(5)11)4-3-6(12)10(15)13-8/h6H,3-4,12H2,1-2H3,(H,13,15). The van der Waals surface area contributed by atoms with Gasteiger partial charge in [-0.3, -0.25) is 4.79 Å². The minimum atomic E-state index is -0.380. The molecule has 0 aliphatic carbocycles. The van der Waals surface area contributed by atoms with Crippen LogP contribution in [-0.2, 0) is 18.3 Å². The van der Waals surface area contributed by atoms with E-state index in [0.717, 1.165) is 17.7 Å². The average Bonchev–Trinajstić information content (AvgIpc) is 2.38. The summed E-state index contributed by atoms with van der Waals surface area (Å²) >= 11 is 2.30. The van der Waals surface area contributed by atoms with Crippen LogP contribution >= 0.6 is 22.6 Å². The summed E-state index contributed by atoms with van der Waals surface area (Å²) in [6.45, 7) is 2.03. The third-order valence-corrected chi connectivity index (χ3v) is 4.48. The molecule has 0 bridgehead atoms. The van der Waals surface area contributed by atoms with Crippen molar-refractivity contribution in [3.8, 4) is 0 Å². The Hall–Kier alpha value is -0.560. The molecule has 0 radical (unpaired) electrons. The lowest BCUT2D eigenvalue weighted by Gasteiger charge is -2.06. The van der Waals surface area contributed by atoms with Gasteiger partial charge in [-0.2, -0.15) is 0 Å². The van der Waals surface area contributed by atoms with E-state index in [2.05, 4.69) is 32.5 Å². The predicted molar refractivity (Wildman–Crippen MR) is 67.8 cm³/mol. The molecule has 2 rings (SSSR count). The number of anilines is 1. The summed E-state index contributed by atoms with van der Waals surface area (Å²) in [6.07, 6.45) is 1.57. The zero-order chi connectivity index (χ0) is 11.2. The van der Waals surface area contributed by atoms with E-state index in [1.807, 2.05) is 14.0 Å². The summed E-state index contributed by atoms with van der Waals surface area (Å²) < 4.78 is 3.30. The van der Waals surface area contributed by atoms with Crippen LogP contribution in [-0.4, -0.2) is 16.5 Å². The van der Waals surface area contributed by atoms with Crippen LogP contribution in [0.4, 0.5) is 5.69 Å². The van der Waals surface area contributed by atoms with Crippen LogP contribution in [0, 0.1) is 10.6 Å². The number of halogens is 1. The number of fused-ring (bicyclic) bond motifs is 1. The van der Waals surface area contributed by atoms with Crippen molar-refractivity contribution in [2.45, 2.75) is 25.8 Å². The van der Waals surface area contributed by atoms with E-state index >= 15 is 0 Å². The van der Waals surface area contributed by atoms with Gasteiger partial charge in [0.25, 0.3) is 0 Å². The molecule has 0 fully saturated rings. The summed E-state index contributed by atoms with van der Waals surface area (Å²) in [5.41, 5.74) is 9.00. The quantitative estimate of drug-likeness (QED) is 0.705. The van der Waals surface area contributed by atoms with Gasteiger partial charge in [-0.05, 0) is 42.4 Å². The molecule has 0 saturated carbocycles. The Balaban J connectivity index is 2.51. The molecule has 1 amide bonds. The Bertz CT molecular complexity index is 425. The molecule has 4 nitrogen and oxygen atoms in total. The number of hydrogen-bond donors (Lipinski definition) is 2. The maximum Gasteiger partial charge on any atom is 0.241 e. The first-order chi connectivity index (χ1) is 7.02. The first-order valence-corrected chi connectivity index (χ1v) is 6.00. The molecule has 1 atom stereocenters. The number of nitrogens with zero attached hydrogens (tertiary/aromatic N) is 1. The zero-order valence-electron chi connectivity index (χ0n) is 8.80. The van der Waals surface area contributed by atoms with Crippen molar-refractivity contribution >= 4 is 34.2 Å². The fourth-order valence-corrected chi connectivity index (χ4v) is 2.52. The Labute approximate surface area is 102 Å². The highest BCUT2D eigenvalue weighted by atomic mass is 127. The molecular weight excluding hydrogens is 305 g/mol. The molecule has 1 aliphatic heterocycles. The van der Waals surface area contributed by atoms with Gasteiger partial charge in [-0.25, -0.2) is 0 Å². The average molecular weight is 319 g/mol. The zero-order valence-corrected chi connectivity index (χ0v) is 11.0. The number of amides is 1. The number of nitrogens with two attached hydrogens (primary N) is 1. The van der Waals surface area contributed by atoms with Gasteiger partial charge in [0.05, 0.1) is 15.4 Å². The monoisotopic (exact) mass is 319 g/mol. The second-order valence-electron chi connectivity index (χ2n) is 3.93. The van der Waals surface area contributed by atoms with Gasteiger partial charge in [0.15, 0.2) is 0 Å². The Morgan fingerprint density at radius 1 is 1.60 bits per heavy atom. The number of hydrogen-bond acceptors (Lipinski definition) is 2. The van der Waals surface area contributed by atoms with Crippen LogP contribution in [0.3, 0.4) is 0 Å². The van der Waals surface area contributed by atoms with Gasteiger partial charge in [0, 0.05) is 18.3 Å². The van der Waals surface area contributed by atoms with Crippen LogP contribution in [0.25, 0.3) is 0 Å². The number of carbonyl (C=O) groups is 1.